The lowest BCUT2D eigenvalue weighted by Crippen LogP contribution is -2.34. The van der Waals surface area contributed by atoms with Gasteiger partial charge in [0, 0.05) is 20.8 Å². The highest BCUT2D eigenvalue weighted by molar-refractivity contribution is 5.85. The van der Waals surface area contributed by atoms with Gasteiger partial charge in [0.05, 0.1) is 7.11 Å². The van der Waals surface area contributed by atoms with Crippen molar-refractivity contribution in [3.8, 4) is 0 Å². The zero-order valence-corrected chi connectivity index (χ0v) is 10.5. The first-order chi connectivity index (χ1) is 8.71. The number of anilines is 1. The van der Waals surface area contributed by atoms with E-state index >= 15 is 0 Å². The van der Waals surface area contributed by atoms with Gasteiger partial charge in [-0.1, -0.05) is 0 Å². The Balaban J connectivity index is 2.31. The van der Waals surface area contributed by atoms with Crippen LogP contribution in [-0.4, -0.2) is 54.9 Å². The lowest BCUT2D eigenvalue weighted by Gasteiger charge is -2.29. The van der Waals surface area contributed by atoms with Crippen LogP contribution in [0, 0.1) is 0 Å². The van der Waals surface area contributed by atoms with Crippen LogP contribution in [0.5, 0.6) is 0 Å². The third-order valence-electron chi connectivity index (χ3n) is 2.82. The first-order valence-electron chi connectivity index (χ1n) is 5.55. The number of rotatable bonds is 4. The standard InChI is InChI=1S/C10H16N4O4/c1-16-8(15)7-12-10-11-5-4-6(14(10)13-7)9(17-2)18-3/h6,9H,4-5H2,1-3H3,(H,11,12,13). The summed E-state index contributed by atoms with van der Waals surface area (Å²) in [6.45, 7) is 0.715. The van der Waals surface area contributed by atoms with Crippen LogP contribution in [0.1, 0.15) is 23.1 Å². The quantitative estimate of drug-likeness (QED) is 0.601. The summed E-state index contributed by atoms with van der Waals surface area (Å²) in [5.41, 5.74) is 0. The Bertz CT molecular complexity index is 430. The number of fused-ring (bicyclic) bond motifs is 1. The van der Waals surface area contributed by atoms with Crippen molar-refractivity contribution in [2.45, 2.75) is 18.8 Å². The van der Waals surface area contributed by atoms with Crippen LogP contribution in [0.25, 0.3) is 0 Å². The lowest BCUT2D eigenvalue weighted by atomic mass is 10.2. The molecule has 0 aromatic carbocycles. The Kier molecular flexibility index (Phi) is 3.78. The Hall–Kier alpha value is -1.67. The molecular weight excluding hydrogens is 240 g/mol. The van der Waals surface area contributed by atoms with E-state index in [-0.39, 0.29) is 11.9 Å². The van der Waals surface area contributed by atoms with Crippen molar-refractivity contribution in [2.24, 2.45) is 0 Å². The molecule has 1 atom stereocenters. The van der Waals surface area contributed by atoms with Crippen LogP contribution in [0.15, 0.2) is 0 Å². The van der Waals surface area contributed by atoms with Crippen molar-refractivity contribution < 1.29 is 19.0 Å². The van der Waals surface area contributed by atoms with Crippen LogP contribution in [-0.2, 0) is 14.2 Å². The minimum Gasteiger partial charge on any atom is -0.463 e. The van der Waals surface area contributed by atoms with Crippen molar-refractivity contribution in [3.05, 3.63) is 5.82 Å². The number of carbonyl (C=O) groups excluding carboxylic acids is 1. The molecule has 0 aliphatic carbocycles. The summed E-state index contributed by atoms with van der Waals surface area (Å²) >= 11 is 0. The molecule has 1 aromatic heterocycles. The van der Waals surface area contributed by atoms with Gasteiger partial charge in [0.2, 0.25) is 5.95 Å². The number of nitrogens with one attached hydrogen (secondary N) is 1. The highest BCUT2D eigenvalue weighted by atomic mass is 16.7. The molecule has 1 aromatic rings. The third-order valence-corrected chi connectivity index (χ3v) is 2.82. The van der Waals surface area contributed by atoms with Gasteiger partial charge in [0.1, 0.15) is 6.04 Å². The van der Waals surface area contributed by atoms with E-state index in [4.69, 9.17) is 9.47 Å². The van der Waals surface area contributed by atoms with E-state index in [1.54, 1.807) is 18.9 Å². The van der Waals surface area contributed by atoms with Gasteiger partial charge in [0.25, 0.3) is 5.82 Å². The molecule has 0 spiro atoms. The number of aromatic nitrogens is 3. The lowest BCUT2D eigenvalue weighted by molar-refractivity contribution is -0.135. The topological polar surface area (TPSA) is 87.5 Å². The molecule has 8 heteroatoms. The SMILES string of the molecule is COC(=O)c1nc2n(n1)C(C(OC)OC)CCN2. The molecule has 1 aliphatic heterocycles. The maximum Gasteiger partial charge on any atom is 0.378 e. The van der Waals surface area contributed by atoms with Crippen molar-refractivity contribution in [2.75, 3.05) is 33.2 Å². The predicted molar refractivity (Wildman–Crippen MR) is 61.3 cm³/mol. The zero-order chi connectivity index (χ0) is 13.1. The molecule has 0 radical (unpaired) electrons. The van der Waals surface area contributed by atoms with E-state index in [1.807, 2.05) is 0 Å². The zero-order valence-electron chi connectivity index (χ0n) is 10.5. The van der Waals surface area contributed by atoms with E-state index in [0.29, 0.717) is 12.5 Å². The maximum absolute atomic E-state index is 11.4. The minimum absolute atomic E-state index is 0.0258. The van der Waals surface area contributed by atoms with E-state index in [9.17, 15) is 4.79 Å². The van der Waals surface area contributed by atoms with Crippen molar-refractivity contribution in [1.82, 2.24) is 14.8 Å². The van der Waals surface area contributed by atoms with E-state index in [2.05, 4.69) is 20.1 Å². The maximum atomic E-state index is 11.4. The third kappa shape index (κ3) is 2.16. The summed E-state index contributed by atoms with van der Waals surface area (Å²) in [4.78, 5) is 15.5. The fraction of sp³-hybridized carbons (Fsp3) is 0.700. The monoisotopic (exact) mass is 256 g/mol. The second-order valence-corrected chi connectivity index (χ2v) is 3.82. The second-order valence-electron chi connectivity index (χ2n) is 3.82. The molecule has 8 nitrogen and oxygen atoms in total. The Morgan fingerprint density at radius 1 is 1.44 bits per heavy atom. The van der Waals surface area contributed by atoms with Crippen LogP contribution < -0.4 is 5.32 Å². The molecule has 1 unspecified atom stereocenters. The molecule has 0 saturated carbocycles. The van der Waals surface area contributed by atoms with Gasteiger partial charge in [-0.3, -0.25) is 0 Å². The van der Waals surface area contributed by atoms with Gasteiger partial charge in [-0.15, -0.1) is 5.10 Å². The number of esters is 1. The van der Waals surface area contributed by atoms with Crippen LogP contribution in [0.2, 0.25) is 0 Å². The number of hydrogen-bond acceptors (Lipinski definition) is 7. The first kappa shape index (κ1) is 12.8. The largest absolute Gasteiger partial charge is 0.463 e. The average molecular weight is 256 g/mol. The summed E-state index contributed by atoms with van der Waals surface area (Å²) in [7, 11) is 4.42. The average Bonchev–Trinajstić information content (AvgIpc) is 2.84. The Morgan fingerprint density at radius 2 is 2.17 bits per heavy atom. The highest BCUT2D eigenvalue weighted by Crippen LogP contribution is 2.26. The summed E-state index contributed by atoms with van der Waals surface area (Å²) < 4.78 is 16.7. The molecule has 0 bridgehead atoms. The highest BCUT2D eigenvalue weighted by Gasteiger charge is 2.31. The van der Waals surface area contributed by atoms with E-state index < -0.39 is 12.3 Å². The van der Waals surface area contributed by atoms with Crippen molar-refractivity contribution in [1.29, 1.82) is 0 Å². The number of methoxy groups -OCH3 is 3. The van der Waals surface area contributed by atoms with Crippen LogP contribution >= 0.6 is 0 Å². The fourth-order valence-electron chi connectivity index (χ4n) is 1.97. The van der Waals surface area contributed by atoms with Gasteiger partial charge in [-0.2, -0.15) is 4.98 Å². The van der Waals surface area contributed by atoms with Crippen molar-refractivity contribution in [3.63, 3.8) is 0 Å². The molecule has 0 saturated heterocycles. The van der Waals surface area contributed by atoms with Gasteiger partial charge in [-0.05, 0) is 6.42 Å². The predicted octanol–water partition coefficient (Wildman–Crippen LogP) is 0.0403. The minimum atomic E-state index is -0.566. The molecule has 100 valence electrons. The normalized spacial score (nSPS) is 18.3. The first-order valence-corrected chi connectivity index (χ1v) is 5.55. The summed E-state index contributed by atoms with van der Waals surface area (Å²) in [6, 6.07) is -0.123. The van der Waals surface area contributed by atoms with Gasteiger partial charge >= 0.3 is 5.97 Å². The fourth-order valence-corrected chi connectivity index (χ4v) is 1.97. The molecule has 18 heavy (non-hydrogen) atoms. The summed E-state index contributed by atoms with van der Waals surface area (Å²) in [5, 5.41) is 7.19. The van der Waals surface area contributed by atoms with Gasteiger partial charge < -0.3 is 19.5 Å². The summed E-state index contributed by atoms with van der Waals surface area (Å²) in [5.74, 6) is -0.0209. The number of hydrogen-bond donors (Lipinski definition) is 1. The van der Waals surface area contributed by atoms with Gasteiger partial charge in [0.15, 0.2) is 6.29 Å². The smallest absolute Gasteiger partial charge is 0.378 e. The Morgan fingerprint density at radius 3 is 2.78 bits per heavy atom. The Labute approximate surface area is 104 Å². The molecule has 0 amide bonds. The van der Waals surface area contributed by atoms with E-state index in [1.165, 1.54) is 7.11 Å². The molecule has 2 heterocycles. The van der Waals surface area contributed by atoms with Crippen LogP contribution in [0.4, 0.5) is 5.95 Å². The molecule has 1 N–H and O–H groups in total. The molecule has 0 fully saturated rings. The second kappa shape index (κ2) is 5.32. The van der Waals surface area contributed by atoms with E-state index in [0.717, 1.165) is 6.42 Å². The summed E-state index contributed by atoms with van der Waals surface area (Å²) in [6.07, 6.45) is 0.335. The molecular formula is C10H16N4O4. The van der Waals surface area contributed by atoms with Crippen molar-refractivity contribution >= 4 is 11.9 Å². The number of ether oxygens (including phenoxy) is 3. The number of carbonyl (C=O) groups is 1. The number of nitrogens with zero attached hydrogens (tertiary/aromatic N) is 3. The molecule has 1 aliphatic rings. The van der Waals surface area contributed by atoms with Gasteiger partial charge in [-0.25, -0.2) is 9.48 Å². The van der Waals surface area contributed by atoms with Crippen LogP contribution in [0.3, 0.4) is 0 Å². The molecule has 2 rings (SSSR count).